The van der Waals surface area contributed by atoms with E-state index < -0.39 is 0 Å². The predicted molar refractivity (Wildman–Crippen MR) is 104 cm³/mol. The summed E-state index contributed by atoms with van der Waals surface area (Å²) in [7, 11) is 0. The first-order valence-corrected chi connectivity index (χ1v) is 9.36. The van der Waals surface area contributed by atoms with Crippen LogP contribution in [0.2, 0.25) is 0 Å². The molecule has 1 aliphatic heterocycles. The number of para-hydroxylation sites is 1. The third-order valence-electron chi connectivity index (χ3n) is 4.90. The average molecular weight is 366 g/mol. The molecule has 0 bridgehead atoms. The Morgan fingerprint density at radius 2 is 1.78 bits per heavy atom. The first kappa shape index (κ1) is 17.7. The number of H-pyrrole nitrogens is 1. The van der Waals surface area contributed by atoms with E-state index in [1.165, 1.54) is 5.69 Å². The molecule has 0 unspecified atom stereocenters. The highest BCUT2D eigenvalue weighted by molar-refractivity contribution is 5.40. The van der Waals surface area contributed by atoms with Crippen LogP contribution in [0.5, 0.6) is 0 Å². The van der Waals surface area contributed by atoms with Gasteiger partial charge in [-0.25, -0.2) is 0 Å². The van der Waals surface area contributed by atoms with Crippen LogP contribution in [-0.4, -0.2) is 61.5 Å². The zero-order valence-electron chi connectivity index (χ0n) is 16.1. The van der Waals surface area contributed by atoms with Gasteiger partial charge < -0.3 is 4.90 Å². The van der Waals surface area contributed by atoms with Crippen LogP contribution >= 0.6 is 0 Å². The van der Waals surface area contributed by atoms with Gasteiger partial charge in [-0.15, -0.1) is 0 Å². The normalized spacial score (nSPS) is 16.0. The second-order valence-corrected chi connectivity index (χ2v) is 8.02. The fourth-order valence-electron chi connectivity index (χ4n) is 3.29. The summed E-state index contributed by atoms with van der Waals surface area (Å²) in [6.45, 7) is 11.2. The maximum atomic E-state index is 4.46. The number of hydrogen-bond acceptors (Lipinski definition) is 6. The maximum absolute atomic E-state index is 4.46. The minimum Gasteiger partial charge on any atom is -0.337 e. The molecule has 2 aromatic heterocycles. The minimum absolute atomic E-state index is 0.0714. The average Bonchev–Trinajstić information content (AvgIpc) is 3.32. The molecule has 1 aromatic carbocycles. The number of piperazine rings is 1. The molecule has 1 aliphatic rings. The Hall–Kier alpha value is -2.74. The van der Waals surface area contributed by atoms with Gasteiger partial charge in [-0.05, 0) is 28.6 Å². The number of nitrogens with one attached hydrogen (secondary N) is 1. The molecule has 0 spiro atoms. The van der Waals surface area contributed by atoms with Crippen LogP contribution in [0.25, 0.3) is 5.69 Å². The molecule has 8 heteroatoms. The zero-order chi connectivity index (χ0) is 18.9. The molecule has 0 atom stereocenters. The van der Waals surface area contributed by atoms with Crippen LogP contribution in [0, 0.1) is 0 Å². The molecule has 27 heavy (non-hydrogen) atoms. The number of nitrogens with zero attached hydrogens (tertiary/aromatic N) is 7. The molecule has 4 rings (SSSR count). The molecule has 3 heterocycles. The van der Waals surface area contributed by atoms with Crippen LogP contribution in [0.15, 0.2) is 36.4 Å². The molecule has 1 saturated heterocycles. The van der Waals surface area contributed by atoms with E-state index in [-0.39, 0.29) is 5.41 Å². The standard InChI is InChI=1S/C19H26N8/c1-19(2,3)17-13-15(20-21-17)14-25-9-11-26(12-10-25)18-22-23-24-27(18)16-7-5-4-6-8-16/h4-8,13H,9-12,14H2,1-3H3,(H,20,21). The van der Waals surface area contributed by atoms with Crippen LogP contribution in [-0.2, 0) is 12.0 Å². The van der Waals surface area contributed by atoms with Gasteiger partial charge in [0.05, 0.1) is 11.4 Å². The summed E-state index contributed by atoms with van der Waals surface area (Å²) in [6, 6.07) is 12.2. The third-order valence-corrected chi connectivity index (χ3v) is 4.90. The smallest absolute Gasteiger partial charge is 0.250 e. The molecule has 0 amide bonds. The lowest BCUT2D eigenvalue weighted by Crippen LogP contribution is -2.46. The monoisotopic (exact) mass is 366 g/mol. The van der Waals surface area contributed by atoms with Crippen molar-refractivity contribution < 1.29 is 0 Å². The second-order valence-electron chi connectivity index (χ2n) is 8.02. The van der Waals surface area contributed by atoms with E-state index in [0.29, 0.717) is 0 Å². The number of anilines is 1. The minimum atomic E-state index is 0.0714. The molecule has 0 saturated carbocycles. The van der Waals surface area contributed by atoms with E-state index in [9.17, 15) is 0 Å². The molecule has 0 aliphatic carbocycles. The predicted octanol–water partition coefficient (Wildman–Crippen LogP) is 2.01. The van der Waals surface area contributed by atoms with Gasteiger partial charge in [-0.2, -0.15) is 9.78 Å². The molecule has 3 aromatic rings. The Balaban J connectivity index is 1.39. The summed E-state index contributed by atoms with van der Waals surface area (Å²) in [6.07, 6.45) is 0. The van der Waals surface area contributed by atoms with E-state index in [0.717, 1.165) is 50.1 Å². The molecule has 142 valence electrons. The highest BCUT2D eigenvalue weighted by Gasteiger charge is 2.23. The summed E-state index contributed by atoms with van der Waals surface area (Å²) in [5, 5.41) is 19.9. The van der Waals surface area contributed by atoms with Crippen molar-refractivity contribution in [2.75, 3.05) is 31.1 Å². The number of benzene rings is 1. The Morgan fingerprint density at radius 1 is 1.04 bits per heavy atom. The molecule has 1 N–H and O–H groups in total. The zero-order valence-corrected chi connectivity index (χ0v) is 16.1. The third kappa shape index (κ3) is 3.85. The fraction of sp³-hybridized carbons (Fsp3) is 0.474. The number of rotatable bonds is 4. The first-order chi connectivity index (χ1) is 13.0. The summed E-state index contributed by atoms with van der Waals surface area (Å²) < 4.78 is 1.81. The largest absolute Gasteiger partial charge is 0.337 e. The molecular formula is C19H26N8. The molecular weight excluding hydrogens is 340 g/mol. The van der Waals surface area contributed by atoms with Gasteiger partial charge in [0.2, 0.25) is 5.95 Å². The van der Waals surface area contributed by atoms with Gasteiger partial charge in [0.15, 0.2) is 0 Å². The van der Waals surface area contributed by atoms with Crippen LogP contribution in [0.4, 0.5) is 5.95 Å². The van der Waals surface area contributed by atoms with Crippen molar-refractivity contribution in [3.8, 4) is 5.69 Å². The van der Waals surface area contributed by atoms with Crippen LogP contribution in [0.1, 0.15) is 32.2 Å². The number of aromatic amines is 1. The summed E-state index contributed by atoms with van der Waals surface area (Å²) in [5.74, 6) is 0.803. The van der Waals surface area contributed by atoms with Gasteiger partial charge in [-0.3, -0.25) is 10.00 Å². The van der Waals surface area contributed by atoms with Crippen molar-refractivity contribution in [1.82, 2.24) is 35.3 Å². The number of hydrogen-bond donors (Lipinski definition) is 1. The molecule has 0 radical (unpaired) electrons. The topological polar surface area (TPSA) is 78.8 Å². The number of tetrazole rings is 1. The van der Waals surface area contributed by atoms with Crippen molar-refractivity contribution in [3.05, 3.63) is 47.8 Å². The van der Waals surface area contributed by atoms with Crippen molar-refractivity contribution in [2.24, 2.45) is 0 Å². The Bertz CT molecular complexity index is 869. The van der Waals surface area contributed by atoms with Crippen molar-refractivity contribution >= 4 is 5.95 Å². The fourth-order valence-corrected chi connectivity index (χ4v) is 3.29. The van der Waals surface area contributed by atoms with Gasteiger partial charge in [0.1, 0.15) is 0 Å². The van der Waals surface area contributed by atoms with Crippen molar-refractivity contribution in [1.29, 1.82) is 0 Å². The van der Waals surface area contributed by atoms with Gasteiger partial charge in [-0.1, -0.05) is 44.1 Å². The highest BCUT2D eigenvalue weighted by Crippen LogP contribution is 2.21. The maximum Gasteiger partial charge on any atom is 0.250 e. The van der Waals surface area contributed by atoms with Crippen molar-refractivity contribution in [2.45, 2.75) is 32.7 Å². The van der Waals surface area contributed by atoms with E-state index in [1.807, 2.05) is 30.3 Å². The molecule has 1 fully saturated rings. The Morgan fingerprint density at radius 3 is 2.44 bits per heavy atom. The highest BCUT2D eigenvalue weighted by atomic mass is 15.6. The van der Waals surface area contributed by atoms with Gasteiger partial charge in [0.25, 0.3) is 0 Å². The Kier molecular flexibility index (Phi) is 4.65. The lowest BCUT2D eigenvalue weighted by molar-refractivity contribution is 0.245. The van der Waals surface area contributed by atoms with Gasteiger partial charge >= 0.3 is 0 Å². The quantitative estimate of drug-likeness (QED) is 0.761. The van der Waals surface area contributed by atoms with E-state index in [2.05, 4.69) is 62.4 Å². The van der Waals surface area contributed by atoms with E-state index in [1.54, 1.807) is 4.68 Å². The lowest BCUT2D eigenvalue weighted by Gasteiger charge is -2.34. The van der Waals surface area contributed by atoms with Crippen molar-refractivity contribution in [3.63, 3.8) is 0 Å². The summed E-state index contributed by atoms with van der Waals surface area (Å²) >= 11 is 0. The lowest BCUT2D eigenvalue weighted by atomic mass is 9.92. The summed E-state index contributed by atoms with van der Waals surface area (Å²) in [4.78, 5) is 4.68. The summed E-state index contributed by atoms with van der Waals surface area (Å²) in [5.41, 5.74) is 3.33. The first-order valence-electron chi connectivity index (χ1n) is 9.36. The second kappa shape index (κ2) is 7.11. The van der Waals surface area contributed by atoms with E-state index in [4.69, 9.17) is 0 Å². The van der Waals surface area contributed by atoms with E-state index >= 15 is 0 Å². The SMILES string of the molecule is CC(C)(C)c1cc(CN2CCN(c3nnnn3-c3ccccc3)CC2)[nH]n1. The number of aromatic nitrogens is 6. The van der Waals surface area contributed by atoms with Crippen LogP contribution < -0.4 is 4.90 Å². The Labute approximate surface area is 159 Å². The molecule has 8 nitrogen and oxygen atoms in total. The van der Waals surface area contributed by atoms with Crippen LogP contribution in [0.3, 0.4) is 0 Å². The van der Waals surface area contributed by atoms with Gasteiger partial charge in [0, 0.05) is 43.8 Å².